The largest absolute Gasteiger partial charge is 0.368 e. The van der Waals surface area contributed by atoms with Gasteiger partial charge in [-0.2, -0.15) is 0 Å². The van der Waals surface area contributed by atoms with E-state index in [1.807, 2.05) is 59.0 Å². The molecule has 2 aromatic heterocycles. The van der Waals surface area contributed by atoms with Gasteiger partial charge in [0.15, 0.2) is 6.17 Å². The average molecular weight is 514 g/mol. The molecule has 1 fully saturated rings. The summed E-state index contributed by atoms with van der Waals surface area (Å²) in [5.74, 6) is -0.354. The fraction of sp³-hybridized carbons (Fsp3) is 0.269. The molecule has 1 saturated heterocycles. The van der Waals surface area contributed by atoms with E-state index in [0.29, 0.717) is 37.0 Å². The Morgan fingerprint density at radius 3 is 2.36 bits per heavy atom. The lowest BCUT2D eigenvalue weighted by molar-refractivity contribution is -0.134. The summed E-state index contributed by atoms with van der Waals surface area (Å²) in [5.41, 5.74) is 3.64. The minimum absolute atomic E-state index is 0.168. The van der Waals surface area contributed by atoms with Crippen LogP contribution in [0.3, 0.4) is 0 Å². The zero-order valence-corrected chi connectivity index (χ0v) is 20.2. The molecule has 5 rings (SSSR count). The number of benzene rings is 2. The van der Waals surface area contributed by atoms with Gasteiger partial charge in [-0.25, -0.2) is 23.1 Å². The van der Waals surface area contributed by atoms with Gasteiger partial charge in [0.2, 0.25) is 5.78 Å². The number of aromatic nitrogens is 3. The van der Waals surface area contributed by atoms with Crippen molar-refractivity contribution < 1.29 is 18.0 Å². The van der Waals surface area contributed by atoms with Gasteiger partial charge in [-0.1, -0.05) is 29.8 Å². The van der Waals surface area contributed by atoms with E-state index < -0.39 is 18.4 Å². The van der Waals surface area contributed by atoms with E-state index in [2.05, 4.69) is 9.88 Å². The first-order valence-corrected chi connectivity index (χ1v) is 11.8. The standard InChI is InChI=1S/C26H23ClF3N5O/c1-33-21-5-3-2-4-20(21)32-26(33)18-14-17(7-8-19(18)27)34-10-12-35(13-11-34)22-9-6-16(15-31-22)23(28)24(36)25(29)30/h2-9,14-15,23,25H,10-13H2,1H3. The Hall–Kier alpha value is -3.59. The van der Waals surface area contributed by atoms with Crippen LogP contribution in [0, 0.1) is 0 Å². The molecular formula is C26H23ClF3N5O. The minimum atomic E-state index is -3.35. The average Bonchev–Trinajstić information content (AvgIpc) is 3.24. The number of Topliss-reactive ketones (excluding diaryl/α,β-unsaturated/α-hetero) is 1. The van der Waals surface area contributed by atoms with Crippen molar-refractivity contribution in [1.82, 2.24) is 14.5 Å². The summed E-state index contributed by atoms with van der Waals surface area (Å²) < 4.78 is 41.0. The molecule has 0 amide bonds. The number of carbonyl (C=O) groups excluding carboxylic acids is 1. The molecule has 1 aliphatic rings. The van der Waals surface area contributed by atoms with E-state index in [1.165, 1.54) is 6.07 Å². The first-order valence-electron chi connectivity index (χ1n) is 11.5. The van der Waals surface area contributed by atoms with Crippen LogP contribution >= 0.6 is 11.6 Å². The van der Waals surface area contributed by atoms with Gasteiger partial charge in [0.25, 0.3) is 6.43 Å². The van der Waals surface area contributed by atoms with Crippen LogP contribution in [0.5, 0.6) is 0 Å². The number of imidazole rings is 1. The number of hydrogen-bond donors (Lipinski definition) is 0. The molecule has 10 heteroatoms. The first kappa shape index (κ1) is 24.1. The van der Waals surface area contributed by atoms with Gasteiger partial charge in [0, 0.05) is 56.2 Å². The fourth-order valence-electron chi connectivity index (χ4n) is 4.47. The van der Waals surface area contributed by atoms with Crippen LogP contribution in [0.25, 0.3) is 22.4 Å². The second-order valence-corrected chi connectivity index (χ2v) is 9.04. The van der Waals surface area contributed by atoms with Crippen molar-refractivity contribution in [1.29, 1.82) is 0 Å². The molecule has 0 saturated carbocycles. The van der Waals surface area contributed by atoms with Gasteiger partial charge < -0.3 is 14.4 Å². The molecule has 1 aliphatic heterocycles. The van der Waals surface area contributed by atoms with E-state index in [0.717, 1.165) is 34.3 Å². The molecule has 36 heavy (non-hydrogen) atoms. The van der Waals surface area contributed by atoms with Crippen molar-refractivity contribution in [3.05, 3.63) is 71.4 Å². The first-order chi connectivity index (χ1) is 17.3. The van der Waals surface area contributed by atoms with Crippen LogP contribution in [0.15, 0.2) is 60.8 Å². The summed E-state index contributed by atoms with van der Waals surface area (Å²) in [4.78, 5) is 24.5. The van der Waals surface area contributed by atoms with Gasteiger partial charge in [-0.3, -0.25) is 4.79 Å². The zero-order valence-electron chi connectivity index (χ0n) is 19.4. The lowest BCUT2D eigenvalue weighted by Gasteiger charge is -2.37. The Morgan fingerprint density at radius 2 is 1.69 bits per heavy atom. The lowest BCUT2D eigenvalue weighted by Crippen LogP contribution is -2.46. The predicted molar refractivity (Wildman–Crippen MR) is 135 cm³/mol. The highest BCUT2D eigenvalue weighted by atomic mass is 35.5. The van der Waals surface area contributed by atoms with E-state index in [4.69, 9.17) is 16.6 Å². The number of para-hydroxylation sites is 2. The maximum atomic E-state index is 14.0. The Kier molecular flexibility index (Phi) is 6.57. The maximum Gasteiger partial charge on any atom is 0.299 e. The molecule has 4 aromatic rings. The Balaban J connectivity index is 1.30. The molecule has 0 N–H and O–H groups in total. The van der Waals surface area contributed by atoms with Gasteiger partial charge in [-0.05, 0) is 36.4 Å². The van der Waals surface area contributed by atoms with Crippen molar-refractivity contribution >= 4 is 39.9 Å². The molecule has 2 aromatic carbocycles. The van der Waals surface area contributed by atoms with Crippen LogP contribution in [0.4, 0.5) is 24.7 Å². The summed E-state index contributed by atoms with van der Waals surface area (Å²) in [5, 5.41) is 0.622. The normalized spacial score (nSPS) is 15.1. The van der Waals surface area contributed by atoms with Crippen LogP contribution in [0.2, 0.25) is 5.02 Å². The second-order valence-electron chi connectivity index (χ2n) is 8.64. The van der Waals surface area contributed by atoms with Gasteiger partial charge in [-0.15, -0.1) is 0 Å². The second kappa shape index (κ2) is 9.81. The number of alkyl halides is 3. The zero-order chi connectivity index (χ0) is 25.4. The van der Waals surface area contributed by atoms with Crippen LogP contribution in [-0.4, -0.2) is 52.9 Å². The highest BCUT2D eigenvalue weighted by molar-refractivity contribution is 6.33. The van der Waals surface area contributed by atoms with Crippen LogP contribution in [-0.2, 0) is 11.8 Å². The predicted octanol–water partition coefficient (Wildman–Crippen LogP) is 5.46. The number of rotatable bonds is 6. The van der Waals surface area contributed by atoms with Crippen LogP contribution in [0.1, 0.15) is 11.7 Å². The summed E-state index contributed by atoms with van der Waals surface area (Å²) in [7, 11) is 1.97. The maximum absolute atomic E-state index is 14.0. The van der Waals surface area contributed by atoms with Crippen molar-refractivity contribution in [2.75, 3.05) is 36.0 Å². The van der Waals surface area contributed by atoms with E-state index in [-0.39, 0.29) is 5.56 Å². The van der Waals surface area contributed by atoms with Gasteiger partial charge in [0.05, 0.1) is 16.1 Å². The molecule has 0 bridgehead atoms. The molecule has 0 spiro atoms. The molecule has 0 aliphatic carbocycles. The third-order valence-electron chi connectivity index (χ3n) is 6.48. The molecule has 0 radical (unpaired) electrons. The number of piperazine rings is 1. The van der Waals surface area contributed by atoms with Crippen molar-refractivity contribution in [2.24, 2.45) is 7.05 Å². The van der Waals surface area contributed by atoms with Gasteiger partial charge in [0.1, 0.15) is 11.6 Å². The number of hydrogen-bond acceptors (Lipinski definition) is 5. The van der Waals surface area contributed by atoms with E-state index in [1.54, 1.807) is 6.07 Å². The van der Waals surface area contributed by atoms with Gasteiger partial charge >= 0.3 is 0 Å². The number of fused-ring (bicyclic) bond motifs is 1. The SMILES string of the molecule is Cn1c(-c2cc(N3CCN(c4ccc(C(F)C(=O)C(F)F)cn4)CC3)ccc2Cl)nc2ccccc21. The van der Waals surface area contributed by atoms with E-state index in [9.17, 15) is 18.0 Å². The van der Waals surface area contributed by atoms with Crippen molar-refractivity contribution in [3.63, 3.8) is 0 Å². The quantitative estimate of drug-likeness (QED) is 0.343. The molecule has 6 nitrogen and oxygen atoms in total. The Morgan fingerprint density at radius 1 is 0.972 bits per heavy atom. The molecule has 1 unspecified atom stereocenters. The third-order valence-corrected chi connectivity index (χ3v) is 6.80. The number of anilines is 2. The summed E-state index contributed by atoms with van der Waals surface area (Å²) in [6.07, 6.45) is -4.58. The lowest BCUT2D eigenvalue weighted by atomic mass is 10.1. The monoisotopic (exact) mass is 513 g/mol. The topological polar surface area (TPSA) is 54.3 Å². The Labute approximate surface area is 210 Å². The highest BCUT2D eigenvalue weighted by Gasteiger charge is 2.28. The smallest absolute Gasteiger partial charge is 0.299 e. The Bertz CT molecular complexity index is 1400. The number of pyridine rings is 1. The fourth-order valence-corrected chi connectivity index (χ4v) is 4.67. The third kappa shape index (κ3) is 4.51. The number of nitrogens with zero attached hydrogens (tertiary/aromatic N) is 5. The van der Waals surface area contributed by atoms with Crippen LogP contribution < -0.4 is 9.80 Å². The molecular weight excluding hydrogens is 491 g/mol. The minimum Gasteiger partial charge on any atom is -0.368 e. The summed E-state index contributed by atoms with van der Waals surface area (Å²) in [6, 6.07) is 16.7. The van der Waals surface area contributed by atoms with E-state index >= 15 is 0 Å². The number of ketones is 1. The molecule has 3 heterocycles. The summed E-state index contributed by atoms with van der Waals surface area (Å²) in [6.45, 7) is 2.74. The summed E-state index contributed by atoms with van der Waals surface area (Å²) >= 11 is 6.57. The van der Waals surface area contributed by atoms with Crippen molar-refractivity contribution in [2.45, 2.75) is 12.6 Å². The molecule has 186 valence electrons. The highest BCUT2D eigenvalue weighted by Crippen LogP contribution is 2.33. The van der Waals surface area contributed by atoms with Crippen molar-refractivity contribution in [3.8, 4) is 11.4 Å². The molecule has 1 atom stereocenters. The number of aryl methyl sites for hydroxylation is 1. The number of halogens is 4. The number of carbonyl (C=O) groups is 1.